The lowest BCUT2D eigenvalue weighted by Crippen LogP contribution is -2.37. The summed E-state index contributed by atoms with van der Waals surface area (Å²) in [5.41, 5.74) is -2.27. The van der Waals surface area contributed by atoms with Gasteiger partial charge in [-0.1, -0.05) is 0 Å². The maximum atomic E-state index is 13.1. The minimum atomic E-state index is -4.87. The van der Waals surface area contributed by atoms with Crippen molar-refractivity contribution in [3.8, 4) is 17.6 Å². The van der Waals surface area contributed by atoms with E-state index in [0.29, 0.717) is 17.6 Å². The summed E-state index contributed by atoms with van der Waals surface area (Å²) in [6.45, 7) is -2.00. The minimum absolute atomic E-state index is 0.205. The van der Waals surface area contributed by atoms with Crippen LogP contribution in [0.1, 0.15) is 11.1 Å². The first-order chi connectivity index (χ1) is 13.5. The number of nitrogens with zero attached hydrogens (tertiary/aromatic N) is 2. The highest BCUT2D eigenvalue weighted by Gasteiger charge is 2.36. The largest absolute Gasteiger partial charge is 0.497 e. The van der Waals surface area contributed by atoms with Gasteiger partial charge >= 0.3 is 12.4 Å². The average molecular weight is 418 g/mol. The van der Waals surface area contributed by atoms with E-state index in [1.807, 2.05) is 0 Å². The Kier molecular flexibility index (Phi) is 6.84. The van der Waals surface area contributed by atoms with E-state index in [1.165, 1.54) is 13.2 Å². The van der Waals surface area contributed by atoms with Crippen molar-refractivity contribution in [3.05, 3.63) is 53.6 Å². The highest BCUT2D eigenvalue weighted by atomic mass is 19.4. The van der Waals surface area contributed by atoms with Crippen LogP contribution >= 0.6 is 0 Å². The Bertz CT molecular complexity index is 857. The molecule has 0 saturated heterocycles. The number of alkyl halides is 6. The maximum absolute atomic E-state index is 13.1. The van der Waals surface area contributed by atoms with Gasteiger partial charge in [0.05, 0.1) is 30.9 Å². The summed E-state index contributed by atoms with van der Waals surface area (Å²) < 4.78 is 88.5. The van der Waals surface area contributed by atoms with Crippen LogP contribution in [0.2, 0.25) is 0 Å². The second-order valence-electron chi connectivity index (χ2n) is 5.90. The Balaban J connectivity index is 2.20. The molecule has 0 unspecified atom stereocenters. The summed E-state index contributed by atoms with van der Waals surface area (Å²) >= 11 is 0. The van der Waals surface area contributed by atoms with Crippen molar-refractivity contribution >= 4 is 5.69 Å². The van der Waals surface area contributed by atoms with Crippen LogP contribution in [0.5, 0.6) is 11.5 Å². The molecule has 0 amide bonds. The zero-order chi connectivity index (χ0) is 21.7. The number of benzene rings is 2. The lowest BCUT2D eigenvalue weighted by atomic mass is 10.1. The van der Waals surface area contributed by atoms with Gasteiger partial charge < -0.3 is 14.4 Å². The molecule has 0 aromatic heterocycles. The molecule has 0 bridgehead atoms. The van der Waals surface area contributed by atoms with Crippen molar-refractivity contribution in [1.82, 2.24) is 0 Å². The van der Waals surface area contributed by atoms with Gasteiger partial charge in [-0.3, -0.25) is 0 Å². The number of ether oxygens (including phenoxy) is 2. The summed E-state index contributed by atoms with van der Waals surface area (Å²) in [6.07, 6.45) is -9.52. The predicted octanol–water partition coefficient (Wildman–Crippen LogP) is 5.03. The molecule has 2 rings (SSSR count). The normalized spacial score (nSPS) is 11.7. The monoisotopic (exact) mass is 418 g/mol. The van der Waals surface area contributed by atoms with Crippen LogP contribution in [-0.4, -0.2) is 33.0 Å². The van der Waals surface area contributed by atoms with Crippen LogP contribution in [0.3, 0.4) is 0 Å². The molecule has 0 atom stereocenters. The van der Waals surface area contributed by atoms with Crippen LogP contribution in [0.4, 0.5) is 32.0 Å². The van der Waals surface area contributed by atoms with E-state index in [1.54, 1.807) is 24.3 Å². The van der Waals surface area contributed by atoms with Crippen LogP contribution in [0.25, 0.3) is 0 Å². The Morgan fingerprint density at radius 1 is 0.966 bits per heavy atom. The Labute approximate surface area is 162 Å². The molecule has 0 saturated carbocycles. The number of hydrogen-bond donors (Lipinski definition) is 0. The van der Waals surface area contributed by atoms with Gasteiger partial charge in [-0.15, -0.1) is 0 Å². The second kappa shape index (κ2) is 8.94. The fourth-order valence-corrected chi connectivity index (χ4v) is 2.52. The predicted molar refractivity (Wildman–Crippen MR) is 92.9 cm³/mol. The van der Waals surface area contributed by atoms with Gasteiger partial charge in [0.1, 0.15) is 24.7 Å². The van der Waals surface area contributed by atoms with E-state index in [2.05, 4.69) is 0 Å². The quantitative estimate of drug-likeness (QED) is 0.592. The highest BCUT2D eigenvalue weighted by Crippen LogP contribution is 2.35. The Morgan fingerprint density at radius 2 is 1.59 bits per heavy atom. The molecule has 2 aromatic carbocycles. The molecule has 0 spiro atoms. The van der Waals surface area contributed by atoms with Gasteiger partial charge in [-0.2, -0.15) is 31.6 Å². The van der Waals surface area contributed by atoms with E-state index in [4.69, 9.17) is 14.7 Å². The Hall–Kier alpha value is -3.09. The van der Waals surface area contributed by atoms with Crippen LogP contribution in [0, 0.1) is 11.3 Å². The number of methoxy groups -OCH3 is 1. The van der Waals surface area contributed by atoms with Crippen molar-refractivity contribution in [3.63, 3.8) is 0 Å². The molecule has 29 heavy (non-hydrogen) atoms. The third-order valence-electron chi connectivity index (χ3n) is 3.85. The van der Waals surface area contributed by atoms with E-state index in [-0.39, 0.29) is 18.8 Å². The summed E-state index contributed by atoms with van der Waals surface area (Å²) in [4.78, 5) is 0.722. The third kappa shape index (κ3) is 6.48. The summed E-state index contributed by atoms with van der Waals surface area (Å²) in [5, 5.41) is 8.83. The van der Waals surface area contributed by atoms with Crippen molar-refractivity contribution in [2.75, 3.05) is 31.7 Å². The first kappa shape index (κ1) is 22.2. The zero-order valence-electron chi connectivity index (χ0n) is 15.1. The summed E-state index contributed by atoms with van der Waals surface area (Å²) in [6, 6.07) is 10.1. The summed E-state index contributed by atoms with van der Waals surface area (Å²) in [5.74, 6) is 0.932. The summed E-state index contributed by atoms with van der Waals surface area (Å²) in [7, 11) is 1.47. The topological polar surface area (TPSA) is 45.5 Å². The molecule has 0 fully saturated rings. The van der Waals surface area contributed by atoms with E-state index in [0.717, 1.165) is 17.0 Å². The zero-order valence-corrected chi connectivity index (χ0v) is 15.1. The molecule has 0 N–H and O–H groups in total. The number of halogens is 6. The van der Waals surface area contributed by atoms with Crippen LogP contribution in [-0.2, 0) is 6.18 Å². The van der Waals surface area contributed by atoms with Crippen molar-refractivity contribution in [2.45, 2.75) is 12.4 Å². The van der Waals surface area contributed by atoms with Crippen molar-refractivity contribution in [2.24, 2.45) is 0 Å². The van der Waals surface area contributed by atoms with Gasteiger partial charge in [-0.25, -0.2) is 0 Å². The van der Waals surface area contributed by atoms with Gasteiger partial charge in [0.15, 0.2) is 0 Å². The van der Waals surface area contributed by atoms with Gasteiger partial charge in [0.25, 0.3) is 0 Å². The van der Waals surface area contributed by atoms with Gasteiger partial charge in [0, 0.05) is 5.69 Å². The lowest BCUT2D eigenvalue weighted by molar-refractivity contribution is -0.137. The van der Waals surface area contributed by atoms with Crippen LogP contribution in [0.15, 0.2) is 42.5 Å². The maximum Gasteiger partial charge on any atom is 0.417 e. The minimum Gasteiger partial charge on any atom is -0.497 e. The molecule has 156 valence electrons. The van der Waals surface area contributed by atoms with Crippen molar-refractivity contribution < 1.29 is 35.8 Å². The van der Waals surface area contributed by atoms with E-state index < -0.39 is 30.0 Å². The standard InChI is InChI=1S/C19H16F6N2O2/c1-28-15-4-6-16(7-5-15)29-9-8-27(12-18(20,21)22)14-3-2-13(11-26)17(10-14)19(23,24)25/h2-7,10H,8-9,12H2,1H3. The SMILES string of the molecule is COc1ccc(OCCN(CC(F)(F)F)c2ccc(C#N)c(C(F)(F)F)c2)cc1. The second-order valence-corrected chi connectivity index (χ2v) is 5.90. The van der Waals surface area contributed by atoms with E-state index in [9.17, 15) is 26.3 Å². The number of anilines is 1. The fraction of sp³-hybridized carbons (Fsp3) is 0.316. The highest BCUT2D eigenvalue weighted by molar-refractivity contribution is 5.55. The number of hydrogen-bond acceptors (Lipinski definition) is 4. The number of rotatable bonds is 7. The molecular weight excluding hydrogens is 402 g/mol. The average Bonchev–Trinajstić information content (AvgIpc) is 2.65. The molecule has 10 heteroatoms. The smallest absolute Gasteiger partial charge is 0.417 e. The molecule has 2 aromatic rings. The first-order valence-corrected chi connectivity index (χ1v) is 8.23. The molecule has 0 aliphatic rings. The first-order valence-electron chi connectivity index (χ1n) is 8.23. The number of nitriles is 1. The lowest BCUT2D eigenvalue weighted by Gasteiger charge is -2.27. The molecule has 0 heterocycles. The van der Waals surface area contributed by atoms with Crippen molar-refractivity contribution in [1.29, 1.82) is 5.26 Å². The molecule has 0 aliphatic heterocycles. The molecular formula is C19H16F6N2O2. The molecule has 4 nitrogen and oxygen atoms in total. The van der Waals surface area contributed by atoms with Crippen LogP contribution < -0.4 is 14.4 Å². The Morgan fingerprint density at radius 3 is 2.10 bits per heavy atom. The van der Waals surface area contributed by atoms with Gasteiger partial charge in [0.2, 0.25) is 0 Å². The van der Waals surface area contributed by atoms with Gasteiger partial charge in [-0.05, 0) is 42.5 Å². The molecule has 0 aliphatic carbocycles. The fourth-order valence-electron chi connectivity index (χ4n) is 2.52. The van der Waals surface area contributed by atoms with E-state index >= 15 is 0 Å². The molecule has 0 radical (unpaired) electrons. The third-order valence-corrected chi connectivity index (χ3v) is 3.85.